The predicted molar refractivity (Wildman–Crippen MR) is 111 cm³/mol. The molecule has 0 aliphatic carbocycles. The van der Waals surface area contributed by atoms with Crippen molar-refractivity contribution in [3.05, 3.63) is 88.7 Å². The van der Waals surface area contributed by atoms with Crippen LogP contribution in [0.15, 0.2) is 72.0 Å². The van der Waals surface area contributed by atoms with Crippen LogP contribution in [0.1, 0.15) is 16.7 Å². The smallest absolute Gasteiger partial charge is 0.191 e. The minimum atomic E-state index is 0.703. The van der Waals surface area contributed by atoms with Gasteiger partial charge >= 0.3 is 0 Å². The van der Waals surface area contributed by atoms with E-state index in [0.717, 1.165) is 30.5 Å². The molecule has 140 valence electrons. The van der Waals surface area contributed by atoms with Crippen molar-refractivity contribution in [1.29, 1.82) is 0 Å². The number of hydrogen-bond acceptors (Lipinski definition) is 2. The first-order valence-electron chi connectivity index (χ1n) is 8.98. The van der Waals surface area contributed by atoms with Gasteiger partial charge in [0, 0.05) is 37.6 Å². The molecular weight excluding hydrogens is 358 g/mol. The summed E-state index contributed by atoms with van der Waals surface area (Å²) in [5.41, 5.74) is 3.67. The Hall–Kier alpha value is -2.79. The van der Waals surface area contributed by atoms with Crippen molar-refractivity contribution in [1.82, 2.24) is 20.4 Å². The molecule has 0 fully saturated rings. The molecular formula is C21H24ClN5. The number of halogens is 1. The molecule has 0 saturated carbocycles. The standard InChI is InChI=1S/C21H24ClN5/c1-23-21(24-12-10-17-6-4-9-20(22)14-17)25-15-18-7-2-3-8-19(18)16-27-13-5-11-26-27/h2-9,11,13-14H,10,12,15-16H2,1H3,(H2,23,24,25). The molecule has 0 radical (unpaired) electrons. The van der Waals surface area contributed by atoms with Gasteiger partial charge in [-0.25, -0.2) is 0 Å². The maximum absolute atomic E-state index is 6.03. The minimum Gasteiger partial charge on any atom is -0.356 e. The highest BCUT2D eigenvalue weighted by Gasteiger charge is 2.05. The van der Waals surface area contributed by atoms with Gasteiger partial charge in [0.1, 0.15) is 0 Å². The van der Waals surface area contributed by atoms with E-state index in [0.29, 0.717) is 6.54 Å². The summed E-state index contributed by atoms with van der Waals surface area (Å²) in [6.07, 6.45) is 4.66. The van der Waals surface area contributed by atoms with E-state index in [2.05, 4.69) is 51.1 Å². The van der Waals surface area contributed by atoms with E-state index >= 15 is 0 Å². The summed E-state index contributed by atoms with van der Waals surface area (Å²) in [6.45, 7) is 2.24. The van der Waals surface area contributed by atoms with Crippen LogP contribution in [0.2, 0.25) is 5.02 Å². The molecule has 2 N–H and O–H groups in total. The SMILES string of the molecule is CN=C(NCCc1cccc(Cl)c1)NCc1ccccc1Cn1cccn1. The zero-order valence-corrected chi connectivity index (χ0v) is 16.2. The average molecular weight is 382 g/mol. The van der Waals surface area contributed by atoms with Gasteiger partial charge in [0.25, 0.3) is 0 Å². The van der Waals surface area contributed by atoms with Crippen molar-refractivity contribution in [2.24, 2.45) is 4.99 Å². The maximum Gasteiger partial charge on any atom is 0.191 e. The summed E-state index contributed by atoms with van der Waals surface area (Å²) in [6, 6.07) is 18.2. The zero-order valence-electron chi connectivity index (χ0n) is 15.4. The fraction of sp³-hybridized carbons (Fsp3) is 0.238. The molecule has 0 spiro atoms. The highest BCUT2D eigenvalue weighted by molar-refractivity contribution is 6.30. The summed E-state index contributed by atoms with van der Waals surface area (Å²) in [7, 11) is 1.78. The molecule has 0 unspecified atom stereocenters. The Morgan fingerprint density at radius 1 is 1.07 bits per heavy atom. The molecule has 1 aromatic heterocycles. The van der Waals surface area contributed by atoms with Crippen LogP contribution in [0.3, 0.4) is 0 Å². The summed E-state index contributed by atoms with van der Waals surface area (Å²) in [5.74, 6) is 0.783. The molecule has 0 bridgehead atoms. The zero-order chi connectivity index (χ0) is 18.9. The van der Waals surface area contributed by atoms with Crippen LogP contribution in [-0.4, -0.2) is 29.3 Å². The molecule has 3 rings (SSSR count). The molecule has 0 atom stereocenters. The molecule has 3 aromatic rings. The van der Waals surface area contributed by atoms with Gasteiger partial charge in [0.2, 0.25) is 0 Å². The maximum atomic E-state index is 6.03. The lowest BCUT2D eigenvalue weighted by atomic mass is 10.1. The van der Waals surface area contributed by atoms with Crippen LogP contribution in [0.5, 0.6) is 0 Å². The molecule has 0 saturated heterocycles. The van der Waals surface area contributed by atoms with Crippen LogP contribution in [-0.2, 0) is 19.5 Å². The van der Waals surface area contributed by atoms with Gasteiger partial charge in [-0.05, 0) is 41.3 Å². The fourth-order valence-corrected chi connectivity index (χ4v) is 3.08. The molecule has 1 heterocycles. The number of aromatic nitrogens is 2. The first-order valence-corrected chi connectivity index (χ1v) is 9.35. The second kappa shape index (κ2) is 9.78. The van der Waals surface area contributed by atoms with Crippen molar-refractivity contribution in [3.8, 4) is 0 Å². The Kier molecular flexibility index (Phi) is 6.88. The number of nitrogens with zero attached hydrogens (tertiary/aromatic N) is 3. The van der Waals surface area contributed by atoms with Gasteiger partial charge in [-0.2, -0.15) is 5.10 Å². The first-order chi connectivity index (χ1) is 13.2. The molecule has 0 aliphatic rings. The van der Waals surface area contributed by atoms with Crippen LogP contribution in [0.4, 0.5) is 0 Å². The van der Waals surface area contributed by atoms with E-state index in [9.17, 15) is 0 Å². The lowest BCUT2D eigenvalue weighted by molar-refractivity contribution is 0.677. The second-order valence-electron chi connectivity index (χ2n) is 6.20. The third-order valence-corrected chi connectivity index (χ3v) is 4.51. The molecule has 27 heavy (non-hydrogen) atoms. The monoisotopic (exact) mass is 381 g/mol. The van der Waals surface area contributed by atoms with Crippen molar-refractivity contribution in [2.75, 3.05) is 13.6 Å². The highest BCUT2D eigenvalue weighted by Crippen LogP contribution is 2.11. The lowest BCUT2D eigenvalue weighted by Gasteiger charge is -2.14. The van der Waals surface area contributed by atoms with E-state index in [4.69, 9.17) is 11.6 Å². The van der Waals surface area contributed by atoms with E-state index in [1.54, 1.807) is 13.2 Å². The number of guanidine groups is 1. The van der Waals surface area contributed by atoms with Crippen molar-refractivity contribution in [3.63, 3.8) is 0 Å². The van der Waals surface area contributed by atoms with Gasteiger partial charge in [-0.15, -0.1) is 0 Å². The van der Waals surface area contributed by atoms with Crippen LogP contribution in [0, 0.1) is 0 Å². The number of benzene rings is 2. The van der Waals surface area contributed by atoms with E-state index in [1.807, 2.05) is 35.1 Å². The van der Waals surface area contributed by atoms with E-state index < -0.39 is 0 Å². The largest absolute Gasteiger partial charge is 0.356 e. The normalized spacial score (nSPS) is 11.4. The lowest BCUT2D eigenvalue weighted by Crippen LogP contribution is -2.38. The first kappa shape index (κ1) is 19.0. The minimum absolute atomic E-state index is 0.703. The van der Waals surface area contributed by atoms with Crippen LogP contribution in [0.25, 0.3) is 0 Å². The quantitative estimate of drug-likeness (QED) is 0.486. The number of nitrogens with one attached hydrogen (secondary N) is 2. The van der Waals surface area contributed by atoms with Crippen molar-refractivity contribution < 1.29 is 0 Å². The van der Waals surface area contributed by atoms with Crippen molar-refractivity contribution in [2.45, 2.75) is 19.5 Å². The summed E-state index contributed by atoms with van der Waals surface area (Å²) in [4.78, 5) is 4.31. The van der Waals surface area contributed by atoms with Gasteiger partial charge < -0.3 is 10.6 Å². The molecule has 0 aliphatic heterocycles. The van der Waals surface area contributed by atoms with Gasteiger partial charge in [0.05, 0.1) is 6.54 Å². The molecule has 2 aromatic carbocycles. The van der Waals surface area contributed by atoms with E-state index in [-0.39, 0.29) is 0 Å². The second-order valence-corrected chi connectivity index (χ2v) is 6.64. The van der Waals surface area contributed by atoms with Crippen molar-refractivity contribution >= 4 is 17.6 Å². The Labute approximate surface area is 165 Å². The van der Waals surface area contributed by atoms with Crippen LogP contribution >= 0.6 is 11.6 Å². The Morgan fingerprint density at radius 2 is 1.93 bits per heavy atom. The third-order valence-electron chi connectivity index (χ3n) is 4.27. The summed E-state index contributed by atoms with van der Waals surface area (Å²) < 4.78 is 1.93. The Balaban J connectivity index is 1.52. The predicted octanol–water partition coefficient (Wildman–Crippen LogP) is 3.49. The summed E-state index contributed by atoms with van der Waals surface area (Å²) in [5, 5.41) is 11.8. The average Bonchev–Trinajstić information content (AvgIpc) is 3.19. The van der Waals surface area contributed by atoms with Crippen LogP contribution < -0.4 is 10.6 Å². The molecule has 5 nitrogen and oxygen atoms in total. The fourth-order valence-electron chi connectivity index (χ4n) is 2.87. The number of rotatable bonds is 7. The molecule has 6 heteroatoms. The van der Waals surface area contributed by atoms with E-state index in [1.165, 1.54) is 16.7 Å². The Bertz CT molecular complexity index is 874. The van der Waals surface area contributed by atoms with Gasteiger partial charge in [0.15, 0.2) is 5.96 Å². The highest BCUT2D eigenvalue weighted by atomic mass is 35.5. The van der Waals surface area contributed by atoms with Gasteiger partial charge in [-0.3, -0.25) is 9.67 Å². The number of hydrogen-bond donors (Lipinski definition) is 2. The Morgan fingerprint density at radius 3 is 2.67 bits per heavy atom. The summed E-state index contributed by atoms with van der Waals surface area (Å²) >= 11 is 6.03. The topological polar surface area (TPSA) is 54.2 Å². The number of aliphatic imine (C=N–C) groups is 1. The van der Waals surface area contributed by atoms with Gasteiger partial charge in [-0.1, -0.05) is 48.0 Å². The molecule has 0 amide bonds. The third kappa shape index (κ3) is 5.86.